The number of non-ortho nitro benzene ring substituents is 1. The molecule has 3 aromatic rings. The van der Waals surface area contributed by atoms with Crippen LogP contribution < -0.4 is 5.73 Å². The molecule has 8 nitrogen and oxygen atoms in total. The van der Waals surface area contributed by atoms with Gasteiger partial charge >= 0.3 is 0 Å². The minimum Gasteiger partial charge on any atom is -0.455 e. The van der Waals surface area contributed by atoms with Gasteiger partial charge in [0.05, 0.1) is 11.5 Å². The van der Waals surface area contributed by atoms with Crippen molar-refractivity contribution >= 4 is 5.69 Å². The van der Waals surface area contributed by atoms with Crippen molar-refractivity contribution in [1.29, 1.82) is 0 Å². The van der Waals surface area contributed by atoms with Gasteiger partial charge < -0.3 is 14.7 Å². The molecule has 3 rings (SSSR count). The second-order valence-electron chi connectivity index (χ2n) is 4.20. The van der Waals surface area contributed by atoms with Crippen molar-refractivity contribution in [2.75, 3.05) is 0 Å². The SMILES string of the molecule is NCc1ccc(-c2nc(-c3ccc([N+](=O)[O-])cc3)no2)o1. The van der Waals surface area contributed by atoms with Crippen molar-refractivity contribution in [3.05, 3.63) is 52.3 Å². The van der Waals surface area contributed by atoms with Gasteiger partial charge in [-0.15, -0.1) is 0 Å². The molecule has 0 saturated carbocycles. The molecule has 0 amide bonds. The minimum absolute atomic E-state index is 0.00101. The van der Waals surface area contributed by atoms with Crippen LogP contribution in [-0.4, -0.2) is 15.1 Å². The van der Waals surface area contributed by atoms with E-state index in [4.69, 9.17) is 14.7 Å². The van der Waals surface area contributed by atoms with Crippen LogP contribution in [0.4, 0.5) is 5.69 Å². The maximum absolute atomic E-state index is 10.6. The summed E-state index contributed by atoms with van der Waals surface area (Å²) in [5.41, 5.74) is 6.07. The van der Waals surface area contributed by atoms with Crippen molar-refractivity contribution in [2.45, 2.75) is 6.54 Å². The highest BCUT2D eigenvalue weighted by molar-refractivity contribution is 5.59. The number of rotatable bonds is 4. The first-order valence-corrected chi connectivity index (χ1v) is 6.05. The summed E-state index contributed by atoms with van der Waals surface area (Å²) in [6, 6.07) is 9.29. The smallest absolute Gasteiger partial charge is 0.293 e. The summed E-state index contributed by atoms with van der Waals surface area (Å²) in [6.07, 6.45) is 0. The molecule has 1 aromatic carbocycles. The lowest BCUT2D eigenvalue weighted by molar-refractivity contribution is -0.384. The van der Waals surface area contributed by atoms with Crippen LogP contribution in [0.2, 0.25) is 0 Å². The number of hydrogen-bond acceptors (Lipinski definition) is 7. The second-order valence-corrected chi connectivity index (χ2v) is 4.20. The highest BCUT2D eigenvalue weighted by Crippen LogP contribution is 2.25. The van der Waals surface area contributed by atoms with Gasteiger partial charge in [-0.3, -0.25) is 10.1 Å². The fourth-order valence-electron chi connectivity index (χ4n) is 1.78. The molecule has 0 atom stereocenters. The molecule has 106 valence electrons. The fourth-order valence-corrected chi connectivity index (χ4v) is 1.78. The molecule has 0 spiro atoms. The highest BCUT2D eigenvalue weighted by Gasteiger charge is 2.14. The maximum Gasteiger partial charge on any atom is 0.293 e. The Labute approximate surface area is 118 Å². The first kappa shape index (κ1) is 13.0. The summed E-state index contributed by atoms with van der Waals surface area (Å²) in [4.78, 5) is 14.3. The van der Waals surface area contributed by atoms with Crippen molar-refractivity contribution in [1.82, 2.24) is 10.1 Å². The van der Waals surface area contributed by atoms with Crippen molar-refractivity contribution in [3.63, 3.8) is 0 Å². The molecule has 8 heteroatoms. The number of hydrogen-bond donors (Lipinski definition) is 1. The van der Waals surface area contributed by atoms with E-state index in [0.29, 0.717) is 22.9 Å². The number of nitro groups is 1. The summed E-state index contributed by atoms with van der Waals surface area (Å²) >= 11 is 0. The van der Waals surface area contributed by atoms with Gasteiger partial charge in [0.2, 0.25) is 5.82 Å². The Morgan fingerprint density at radius 3 is 2.57 bits per heavy atom. The van der Waals surface area contributed by atoms with Gasteiger partial charge in [-0.2, -0.15) is 4.98 Å². The standard InChI is InChI=1S/C13H10N4O4/c14-7-10-5-6-11(20-10)13-15-12(16-21-13)8-1-3-9(4-2-8)17(18)19/h1-6H,7,14H2. The number of nitro benzene ring substituents is 1. The summed E-state index contributed by atoms with van der Waals surface area (Å²) in [5.74, 6) is 1.59. The molecule has 0 bridgehead atoms. The molecule has 2 heterocycles. The molecular weight excluding hydrogens is 276 g/mol. The van der Waals surface area contributed by atoms with Crippen LogP contribution in [-0.2, 0) is 6.54 Å². The van der Waals surface area contributed by atoms with Gasteiger partial charge in [-0.1, -0.05) is 5.16 Å². The fraction of sp³-hybridized carbons (Fsp3) is 0.0769. The van der Waals surface area contributed by atoms with E-state index in [1.807, 2.05) is 0 Å². The molecule has 0 fully saturated rings. The zero-order valence-corrected chi connectivity index (χ0v) is 10.7. The molecular formula is C13H10N4O4. The first-order chi connectivity index (χ1) is 10.2. The van der Waals surface area contributed by atoms with E-state index in [1.54, 1.807) is 24.3 Å². The summed E-state index contributed by atoms with van der Waals surface area (Å²) in [5, 5.41) is 14.4. The third-order valence-electron chi connectivity index (χ3n) is 2.84. The van der Waals surface area contributed by atoms with E-state index < -0.39 is 4.92 Å². The Bertz CT molecular complexity index is 776. The van der Waals surface area contributed by atoms with Gasteiger partial charge in [0, 0.05) is 17.7 Å². The van der Waals surface area contributed by atoms with Gasteiger partial charge in [-0.05, 0) is 24.3 Å². The Kier molecular flexibility index (Phi) is 3.20. The lowest BCUT2D eigenvalue weighted by Gasteiger charge is -1.93. The molecule has 21 heavy (non-hydrogen) atoms. The van der Waals surface area contributed by atoms with Crippen molar-refractivity contribution in [2.24, 2.45) is 5.73 Å². The van der Waals surface area contributed by atoms with Crippen LogP contribution in [0.1, 0.15) is 5.76 Å². The Morgan fingerprint density at radius 2 is 1.95 bits per heavy atom. The lowest BCUT2D eigenvalue weighted by atomic mass is 10.2. The van der Waals surface area contributed by atoms with Crippen LogP contribution in [0, 0.1) is 10.1 Å². The number of nitrogens with two attached hydrogens (primary N) is 1. The van der Waals surface area contributed by atoms with E-state index in [-0.39, 0.29) is 18.1 Å². The summed E-state index contributed by atoms with van der Waals surface area (Å²) in [6.45, 7) is 0.281. The molecule has 0 aliphatic carbocycles. The largest absolute Gasteiger partial charge is 0.455 e. The molecule has 2 aromatic heterocycles. The summed E-state index contributed by atoms with van der Waals surface area (Å²) in [7, 11) is 0. The Morgan fingerprint density at radius 1 is 1.19 bits per heavy atom. The van der Waals surface area contributed by atoms with E-state index in [0.717, 1.165) is 0 Å². The number of furan rings is 1. The molecule has 0 unspecified atom stereocenters. The molecule has 0 aliphatic heterocycles. The van der Waals surface area contributed by atoms with Crippen molar-refractivity contribution in [3.8, 4) is 23.0 Å². The van der Waals surface area contributed by atoms with E-state index in [1.165, 1.54) is 12.1 Å². The van der Waals surface area contributed by atoms with E-state index >= 15 is 0 Å². The van der Waals surface area contributed by atoms with Crippen LogP contribution in [0.3, 0.4) is 0 Å². The van der Waals surface area contributed by atoms with Gasteiger partial charge in [0.1, 0.15) is 5.76 Å². The second kappa shape index (κ2) is 5.17. The molecule has 0 radical (unpaired) electrons. The number of benzene rings is 1. The molecule has 0 saturated heterocycles. The molecule has 0 aliphatic rings. The third kappa shape index (κ3) is 2.51. The number of aromatic nitrogens is 2. The van der Waals surface area contributed by atoms with Gasteiger partial charge in [0.25, 0.3) is 11.6 Å². The topological polar surface area (TPSA) is 121 Å². The zero-order valence-electron chi connectivity index (χ0n) is 10.7. The summed E-state index contributed by atoms with van der Waals surface area (Å²) < 4.78 is 10.5. The van der Waals surface area contributed by atoms with E-state index in [9.17, 15) is 10.1 Å². The maximum atomic E-state index is 10.6. The quantitative estimate of drug-likeness (QED) is 0.577. The van der Waals surface area contributed by atoms with E-state index in [2.05, 4.69) is 10.1 Å². The average Bonchev–Trinajstić information content (AvgIpc) is 3.16. The highest BCUT2D eigenvalue weighted by atomic mass is 16.6. The molecule has 2 N–H and O–H groups in total. The predicted octanol–water partition coefficient (Wildman–Crippen LogP) is 2.36. The normalized spacial score (nSPS) is 10.7. The average molecular weight is 286 g/mol. The monoisotopic (exact) mass is 286 g/mol. The first-order valence-electron chi connectivity index (χ1n) is 6.05. The zero-order chi connectivity index (χ0) is 14.8. The third-order valence-corrected chi connectivity index (χ3v) is 2.84. The van der Waals surface area contributed by atoms with Crippen LogP contribution in [0.25, 0.3) is 23.0 Å². The lowest BCUT2D eigenvalue weighted by Crippen LogP contribution is -1.92. The van der Waals surface area contributed by atoms with Gasteiger partial charge in [0.15, 0.2) is 5.76 Å². The van der Waals surface area contributed by atoms with Crippen LogP contribution >= 0.6 is 0 Å². The van der Waals surface area contributed by atoms with Crippen LogP contribution in [0.5, 0.6) is 0 Å². The van der Waals surface area contributed by atoms with Gasteiger partial charge in [-0.25, -0.2) is 0 Å². The minimum atomic E-state index is -0.470. The van der Waals surface area contributed by atoms with Crippen LogP contribution in [0.15, 0.2) is 45.3 Å². The Balaban J connectivity index is 1.88. The van der Waals surface area contributed by atoms with Crippen molar-refractivity contribution < 1.29 is 13.9 Å². The Hall–Kier alpha value is -3.00. The number of nitrogens with zero attached hydrogens (tertiary/aromatic N) is 3. The predicted molar refractivity (Wildman–Crippen MR) is 72.0 cm³/mol.